The molecule has 4 heteroatoms. The summed E-state index contributed by atoms with van der Waals surface area (Å²) in [6.07, 6.45) is 21.5. The van der Waals surface area contributed by atoms with Gasteiger partial charge in [-0.3, -0.25) is 4.79 Å². The lowest BCUT2D eigenvalue weighted by atomic mass is 10.1. The van der Waals surface area contributed by atoms with Crippen LogP contribution in [0.4, 0.5) is 0 Å². The number of allylic oxidation sites excluding steroid dienone is 2. The van der Waals surface area contributed by atoms with E-state index in [2.05, 4.69) is 19.1 Å². The monoisotopic (exact) mass is 326 g/mol. The van der Waals surface area contributed by atoms with E-state index in [1.165, 1.54) is 70.6 Å². The normalized spacial score (nSPS) is 10.1. The van der Waals surface area contributed by atoms with Crippen LogP contribution in [0.25, 0.3) is 0 Å². The fourth-order valence-electron chi connectivity index (χ4n) is 2.35. The second-order valence-corrected chi connectivity index (χ2v) is 5.81. The Morgan fingerprint density at radius 2 is 1.17 bits per heavy atom. The van der Waals surface area contributed by atoms with Gasteiger partial charge in [0.05, 0.1) is 0 Å². The molecule has 0 amide bonds. The summed E-state index contributed by atoms with van der Waals surface area (Å²) in [4.78, 5) is 26.6. The van der Waals surface area contributed by atoms with Crippen LogP contribution in [0.5, 0.6) is 0 Å². The Balaban J connectivity index is 0. The lowest BCUT2D eigenvalue weighted by Gasteiger charge is -1.99. The van der Waals surface area contributed by atoms with Crippen LogP contribution < -0.4 is 0 Å². The van der Waals surface area contributed by atoms with Crippen molar-refractivity contribution in [3.63, 3.8) is 0 Å². The number of carbonyl (C=O) groups excluding carboxylic acids is 2. The molecule has 23 heavy (non-hydrogen) atoms. The SMILES string of the molecule is CCCCCCCCC=CCCCCCCCC(=O)O.O=C=O. The van der Waals surface area contributed by atoms with Crippen molar-refractivity contribution in [2.45, 2.75) is 96.8 Å². The first-order chi connectivity index (χ1) is 11.2. The van der Waals surface area contributed by atoms with Crippen LogP contribution in [0.2, 0.25) is 0 Å². The first-order valence-electron chi connectivity index (χ1n) is 9.05. The van der Waals surface area contributed by atoms with E-state index in [1.807, 2.05) is 0 Å². The van der Waals surface area contributed by atoms with Crippen molar-refractivity contribution in [2.75, 3.05) is 0 Å². The second-order valence-electron chi connectivity index (χ2n) is 5.81. The number of unbranched alkanes of at least 4 members (excludes halogenated alkanes) is 11. The van der Waals surface area contributed by atoms with E-state index in [0.717, 1.165) is 12.8 Å². The molecule has 0 aromatic carbocycles. The Bertz CT molecular complexity index is 304. The molecule has 0 rings (SSSR count). The molecule has 0 aliphatic rings. The molecule has 0 unspecified atom stereocenters. The third-order valence-corrected chi connectivity index (χ3v) is 3.65. The van der Waals surface area contributed by atoms with Crippen LogP contribution in [-0.2, 0) is 14.4 Å². The lowest BCUT2D eigenvalue weighted by molar-refractivity contribution is -0.191. The number of aliphatic carboxylic acids is 1. The minimum atomic E-state index is -0.664. The van der Waals surface area contributed by atoms with Crippen molar-refractivity contribution in [3.05, 3.63) is 12.2 Å². The topological polar surface area (TPSA) is 71.4 Å². The summed E-state index contributed by atoms with van der Waals surface area (Å²) >= 11 is 0. The van der Waals surface area contributed by atoms with Crippen LogP contribution in [0.15, 0.2) is 12.2 Å². The van der Waals surface area contributed by atoms with E-state index in [4.69, 9.17) is 14.7 Å². The predicted octanol–water partition coefficient (Wildman–Crippen LogP) is 5.53. The predicted molar refractivity (Wildman–Crippen MR) is 92.1 cm³/mol. The molecule has 0 saturated carbocycles. The maximum Gasteiger partial charge on any atom is 0.373 e. The molecule has 0 atom stereocenters. The second kappa shape index (κ2) is 22.9. The summed E-state index contributed by atoms with van der Waals surface area (Å²) in [7, 11) is 0. The minimum absolute atomic E-state index is 0.250. The highest BCUT2D eigenvalue weighted by molar-refractivity contribution is 5.66. The molecule has 1 N–H and O–H groups in total. The molecule has 0 heterocycles. The lowest BCUT2D eigenvalue weighted by Crippen LogP contribution is -1.93. The number of rotatable bonds is 15. The summed E-state index contributed by atoms with van der Waals surface area (Å²) in [6.45, 7) is 2.26. The largest absolute Gasteiger partial charge is 0.481 e. The van der Waals surface area contributed by atoms with E-state index in [0.29, 0.717) is 6.42 Å². The van der Waals surface area contributed by atoms with Gasteiger partial charge in [0.2, 0.25) is 0 Å². The number of carboxylic acid groups (broad SMARTS) is 1. The van der Waals surface area contributed by atoms with E-state index >= 15 is 0 Å². The molecule has 4 nitrogen and oxygen atoms in total. The molecule has 0 spiro atoms. The minimum Gasteiger partial charge on any atom is -0.481 e. The third kappa shape index (κ3) is 29.3. The highest BCUT2D eigenvalue weighted by Crippen LogP contribution is 2.09. The van der Waals surface area contributed by atoms with E-state index < -0.39 is 5.97 Å². The summed E-state index contributed by atoms with van der Waals surface area (Å²) in [5, 5.41) is 8.51. The van der Waals surface area contributed by atoms with Crippen LogP contribution >= 0.6 is 0 Å². The van der Waals surface area contributed by atoms with E-state index in [9.17, 15) is 4.79 Å². The van der Waals surface area contributed by atoms with Crippen molar-refractivity contribution in [2.24, 2.45) is 0 Å². The van der Waals surface area contributed by atoms with Crippen LogP contribution in [0.3, 0.4) is 0 Å². The molecule has 0 bridgehead atoms. The van der Waals surface area contributed by atoms with Crippen molar-refractivity contribution < 1.29 is 19.5 Å². The standard InChI is InChI=1S/C18H34O2.CO2/c1-2-3-4-5-6-7-8-9-10-11-12-13-14-15-16-17-18(19)20;2-1-3/h9-10H,2-8,11-17H2,1H3,(H,19,20);. The Labute approximate surface area is 141 Å². The van der Waals surface area contributed by atoms with Crippen molar-refractivity contribution in [1.82, 2.24) is 0 Å². The quantitative estimate of drug-likeness (QED) is 0.317. The fraction of sp³-hybridized carbons (Fsp3) is 0.789. The number of carbonyl (C=O) groups is 1. The van der Waals surface area contributed by atoms with Gasteiger partial charge in [0.25, 0.3) is 0 Å². The maximum atomic E-state index is 10.3. The Morgan fingerprint density at radius 1 is 0.783 bits per heavy atom. The van der Waals surface area contributed by atoms with Crippen molar-refractivity contribution in [3.8, 4) is 0 Å². The smallest absolute Gasteiger partial charge is 0.373 e. The van der Waals surface area contributed by atoms with Gasteiger partial charge >= 0.3 is 12.1 Å². The molecule has 0 aromatic rings. The van der Waals surface area contributed by atoms with Gasteiger partial charge in [-0.1, -0.05) is 70.4 Å². The Hall–Kier alpha value is -1.41. The summed E-state index contributed by atoms with van der Waals surface area (Å²) in [5.74, 6) is -0.664. The number of hydrogen-bond donors (Lipinski definition) is 1. The summed E-state index contributed by atoms with van der Waals surface area (Å²) in [6, 6.07) is 0. The highest BCUT2D eigenvalue weighted by atomic mass is 16.4. The number of carboxylic acids is 1. The summed E-state index contributed by atoms with van der Waals surface area (Å²) < 4.78 is 0. The van der Waals surface area contributed by atoms with E-state index in [-0.39, 0.29) is 6.15 Å². The van der Waals surface area contributed by atoms with Gasteiger partial charge in [0.15, 0.2) is 0 Å². The first kappa shape index (κ1) is 23.9. The molecule has 0 fully saturated rings. The molecular weight excluding hydrogens is 292 g/mol. The van der Waals surface area contributed by atoms with Crippen LogP contribution in [-0.4, -0.2) is 17.2 Å². The molecule has 134 valence electrons. The number of hydrogen-bond acceptors (Lipinski definition) is 3. The van der Waals surface area contributed by atoms with E-state index in [1.54, 1.807) is 0 Å². The van der Waals surface area contributed by atoms with Gasteiger partial charge in [0, 0.05) is 6.42 Å². The van der Waals surface area contributed by atoms with Gasteiger partial charge in [0.1, 0.15) is 0 Å². The zero-order chi connectivity index (χ0) is 17.6. The van der Waals surface area contributed by atoms with Gasteiger partial charge in [-0.2, -0.15) is 9.59 Å². The zero-order valence-electron chi connectivity index (χ0n) is 14.7. The fourth-order valence-corrected chi connectivity index (χ4v) is 2.35. The van der Waals surface area contributed by atoms with Gasteiger partial charge in [-0.05, 0) is 32.1 Å². The van der Waals surface area contributed by atoms with Crippen molar-refractivity contribution in [1.29, 1.82) is 0 Å². The average molecular weight is 326 g/mol. The average Bonchev–Trinajstić information content (AvgIpc) is 2.51. The first-order valence-corrected chi connectivity index (χ1v) is 9.05. The summed E-state index contributed by atoms with van der Waals surface area (Å²) in [5.41, 5.74) is 0. The highest BCUT2D eigenvalue weighted by Gasteiger charge is 1.95. The van der Waals surface area contributed by atoms with Gasteiger partial charge in [-0.25, -0.2) is 0 Å². The van der Waals surface area contributed by atoms with Crippen LogP contribution in [0, 0.1) is 0 Å². The maximum absolute atomic E-state index is 10.3. The molecule has 0 aliphatic carbocycles. The molecule has 0 saturated heterocycles. The van der Waals surface area contributed by atoms with Gasteiger partial charge < -0.3 is 5.11 Å². The molecule has 0 aliphatic heterocycles. The third-order valence-electron chi connectivity index (χ3n) is 3.65. The van der Waals surface area contributed by atoms with Gasteiger partial charge in [-0.15, -0.1) is 0 Å². The zero-order valence-corrected chi connectivity index (χ0v) is 14.7. The Kier molecular flexibility index (Phi) is 23.7. The molecule has 0 radical (unpaired) electrons. The molecular formula is C19H34O4. The molecule has 0 aromatic heterocycles. The van der Waals surface area contributed by atoms with Crippen molar-refractivity contribution >= 4 is 12.1 Å². The Morgan fingerprint density at radius 3 is 1.61 bits per heavy atom. The van der Waals surface area contributed by atoms with Crippen LogP contribution in [0.1, 0.15) is 96.8 Å².